The van der Waals surface area contributed by atoms with Crippen LogP contribution < -0.4 is 10.1 Å². The van der Waals surface area contributed by atoms with E-state index in [4.69, 9.17) is 14.2 Å². The first-order valence-electron chi connectivity index (χ1n) is 11.4. The van der Waals surface area contributed by atoms with Crippen molar-refractivity contribution in [2.45, 2.75) is 58.3 Å². The third-order valence-electron chi connectivity index (χ3n) is 5.89. The second kappa shape index (κ2) is 13.3. The van der Waals surface area contributed by atoms with Gasteiger partial charge < -0.3 is 24.6 Å². The van der Waals surface area contributed by atoms with Crippen LogP contribution in [-0.2, 0) is 16.0 Å². The molecule has 2 rings (SSSR count). The summed E-state index contributed by atoms with van der Waals surface area (Å²) in [7, 11) is 3.89. The summed E-state index contributed by atoms with van der Waals surface area (Å²) in [6, 6.07) is 8.27. The Labute approximate surface area is 182 Å². The van der Waals surface area contributed by atoms with Crippen LogP contribution in [0.2, 0.25) is 0 Å². The molecular weight excluding hydrogens is 380 g/mol. The maximum absolute atomic E-state index is 10.0. The molecule has 1 fully saturated rings. The van der Waals surface area contributed by atoms with Crippen LogP contribution in [0.1, 0.15) is 45.1 Å². The Morgan fingerprint density at radius 3 is 2.37 bits per heavy atom. The van der Waals surface area contributed by atoms with Crippen LogP contribution >= 0.6 is 0 Å². The molecule has 6 nitrogen and oxygen atoms in total. The molecule has 172 valence electrons. The molecule has 0 unspecified atom stereocenters. The first-order chi connectivity index (χ1) is 14.5. The number of hydrogen-bond acceptors (Lipinski definition) is 6. The van der Waals surface area contributed by atoms with Crippen molar-refractivity contribution in [2.24, 2.45) is 5.41 Å². The van der Waals surface area contributed by atoms with Gasteiger partial charge in [-0.3, -0.25) is 4.90 Å². The SMILES string of the molecule is CCOCC1(COCC)CCC(Oc2ccccc2CN(C)C[C@H](O)CNC)CC1. The zero-order valence-electron chi connectivity index (χ0n) is 19.4. The molecule has 1 aliphatic rings. The highest BCUT2D eigenvalue weighted by molar-refractivity contribution is 5.33. The predicted molar refractivity (Wildman–Crippen MR) is 121 cm³/mol. The topological polar surface area (TPSA) is 63.2 Å². The highest BCUT2D eigenvalue weighted by atomic mass is 16.5. The number of benzene rings is 1. The van der Waals surface area contributed by atoms with Crippen molar-refractivity contribution in [1.29, 1.82) is 0 Å². The lowest BCUT2D eigenvalue weighted by Gasteiger charge is -2.39. The Morgan fingerprint density at radius 2 is 1.77 bits per heavy atom. The molecule has 0 heterocycles. The first kappa shape index (κ1) is 25.1. The Morgan fingerprint density at radius 1 is 1.13 bits per heavy atom. The lowest BCUT2D eigenvalue weighted by molar-refractivity contribution is -0.0527. The van der Waals surface area contributed by atoms with E-state index >= 15 is 0 Å². The van der Waals surface area contributed by atoms with Crippen molar-refractivity contribution in [3.8, 4) is 5.75 Å². The summed E-state index contributed by atoms with van der Waals surface area (Å²) in [5.41, 5.74) is 1.28. The number of rotatable bonds is 14. The number of nitrogens with zero attached hydrogens (tertiary/aromatic N) is 1. The molecular formula is C24H42N2O4. The van der Waals surface area contributed by atoms with Gasteiger partial charge in [0, 0.05) is 43.8 Å². The second-order valence-electron chi connectivity index (χ2n) is 8.61. The smallest absolute Gasteiger partial charge is 0.124 e. The number of aliphatic hydroxyl groups is 1. The Hall–Kier alpha value is -1.18. The van der Waals surface area contributed by atoms with E-state index in [0.717, 1.165) is 70.0 Å². The highest BCUT2D eigenvalue weighted by Gasteiger charge is 2.36. The summed E-state index contributed by atoms with van der Waals surface area (Å²) in [6.45, 7) is 9.10. The molecule has 2 N–H and O–H groups in total. The molecule has 1 aromatic rings. The Kier molecular flexibility index (Phi) is 11.1. The van der Waals surface area contributed by atoms with E-state index in [1.165, 1.54) is 0 Å². The van der Waals surface area contributed by atoms with Gasteiger partial charge in [-0.05, 0) is 59.7 Å². The van der Waals surface area contributed by atoms with E-state index in [2.05, 4.69) is 42.3 Å². The van der Waals surface area contributed by atoms with Gasteiger partial charge >= 0.3 is 0 Å². The molecule has 1 aromatic carbocycles. The third kappa shape index (κ3) is 8.16. The Bertz CT molecular complexity index is 580. The second-order valence-corrected chi connectivity index (χ2v) is 8.61. The molecule has 0 aliphatic heterocycles. The number of aliphatic hydroxyl groups excluding tert-OH is 1. The van der Waals surface area contributed by atoms with Gasteiger partial charge in [-0.1, -0.05) is 18.2 Å². The summed E-state index contributed by atoms with van der Waals surface area (Å²) >= 11 is 0. The van der Waals surface area contributed by atoms with Gasteiger partial charge in [-0.2, -0.15) is 0 Å². The van der Waals surface area contributed by atoms with Crippen LogP contribution in [0.5, 0.6) is 5.75 Å². The van der Waals surface area contributed by atoms with Crippen LogP contribution in [-0.4, -0.2) is 75.8 Å². The minimum Gasteiger partial charge on any atom is -0.490 e. The van der Waals surface area contributed by atoms with E-state index in [0.29, 0.717) is 13.1 Å². The molecule has 0 radical (unpaired) electrons. The maximum atomic E-state index is 10.0. The minimum atomic E-state index is -0.379. The molecule has 1 aliphatic carbocycles. The number of ether oxygens (including phenoxy) is 3. The zero-order chi connectivity index (χ0) is 21.8. The summed E-state index contributed by atoms with van der Waals surface area (Å²) in [5, 5.41) is 13.1. The van der Waals surface area contributed by atoms with Gasteiger partial charge in [-0.15, -0.1) is 0 Å². The van der Waals surface area contributed by atoms with Crippen LogP contribution in [0.3, 0.4) is 0 Å². The number of hydrogen-bond donors (Lipinski definition) is 2. The van der Waals surface area contributed by atoms with E-state index in [1.54, 1.807) is 0 Å². The minimum absolute atomic E-state index is 0.120. The van der Waals surface area contributed by atoms with Crippen LogP contribution in [0.25, 0.3) is 0 Å². The maximum Gasteiger partial charge on any atom is 0.124 e. The molecule has 0 spiro atoms. The van der Waals surface area contributed by atoms with Crippen LogP contribution in [0.4, 0.5) is 0 Å². The molecule has 0 amide bonds. The van der Waals surface area contributed by atoms with Crippen molar-refractivity contribution >= 4 is 0 Å². The predicted octanol–water partition coefficient (Wildman–Crippen LogP) is 3.08. The molecule has 30 heavy (non-hydrogen) atoms. The van der Waals surface area contributed by atoms with Crippen molar-refractivity contribution in [2.75, 3.05) is 53.6 Å². The molecule has 0 bridgehead atoms. The lowest BCUT2D eigenvalue weighted by Crippen LogP contribution is -2.39. The molecule has 0 saturated heterocycles. The summed E-state index contributed by atoms with van der Waals surface area (Å²) in [5.74, 6) is 0.958. The van der Waals surface area contributed by atoms with Crippen LogP contribution in [0.15, 0.2) is 24.3 Å². The fourth-order valence-electron chi connectivity index (χ4n) is 4.23. The summed E-state index contributed by atoms with van der Waals surface area (Å²) < 4.78 is 18.0. The normalized spacial score (nSPS) is 17.9. The average Bonchev–Trinajstić information content (AvgIpc) is 2.74. The van der Waals surface area contributed by atoms with E-state index in [1.807, 2.05) is 20.2 Å². The third-order valence-corrected chi connectivity index (χ3v) is 5.89. The average molecular weight is 423 g/mol. The van der Waals surface area contributed by atoms with Gasteiger partial charge in [0.1, 0.15) is 5.75 Å². The molecule has 0 aromatic heterocycles. The van der Waals surface area contributed by atoms with Gasteiger partial charge in [-0.25, -0.2) is 0 Å². The van der Waals surface area contributed by atoms with Crippen molar-refractivity contribution in [3.63, 3.8) is 0 Å². The van der Waals surface area contributed by atoms with E-state index < -0.39 is 0 Å². The molecule has 1 saturated carbocycles. The summed E-state index contributed by atoms with van der Waals surface area (Å²) in [6.07, 6.45) is 4.01. The summed E-state index contributed by atoms with van der Waals surface area (Å²) in [4.78, 5) is 2.14. The van der Waals surface area contributed by atoms with Crippen LogP contribution in [0, 0.1) is 5.41 Å². The van der Waals surface area contributed by atoms with Crippen molar-refractivity contribution < 1.29 is 19.3 Å². The van der Waals surface area contributed by atoms with E-state index in [9.17, 15) is 5.11 Å². The molecule has 6 heteroatoms. The van der Waals surface area contributed by atoms with Crippen molar-refractivity contribution in [1.82, 2.24) is 10.2 Å². The van der Waals surface area contributed by atoms with Gasteiger partial charge in [0.25, 0.3) is 0 Å². The first-order valence-corrected chi connectivity index (χ1v) is 11.4. The Balaban J connectivity index is 1.93. The quantitative estimate of drug-likeness (QED) is 0.480. The number of para-hydroxylation sites is 1. The zero-order valence-corrected chi connectivity index (χ0v) is 19.4. The van der Waals surface area contributed by atoms with Crippen molar-refractivity contribution in [3.05, 3.63) is 29.8 Å². The van der Waals surface area contributed by atoms with Gasteiger partial charge in [0.15, 0.2) is 0 Å². The van der Waals surface area contributed by atoms with Gasteiger partial charge in [0.2, 0.25) is 0 Å². The van der Waals surface area contributed by atoms with Gasteiger partial charge in [0.05, 0.1) is 25.4 Å². The lowest BCUT2D eigenvalue weighted by atomic mass is 9.74. The largest absolute Gasteiger partial charge is 0.490 e. The standard InChI is InChI=1S/C24H42N2O4/c1-5-28-18-24(19-29-6-2)13-11-22(12-14-24)30-23-10-8-7-9-20(23)16-26(4)17-21(27)15-25-3/h7-10,21-22,25,27H,5-6,11-19H2,1-4H3/t21-/m1/s1. The fourth-order valence-corrected chi connectivity index (χ4v) is 4.23. The molecule has 1 atom stereocenters. The highest BCUT2D eigenvalue weighted by Crippen LogP contribution is 2.39. The van der Waals surface area contributed by atoms with E-state index in [-0.39, 0.29) is 17.6 Å². The number of likely N-dealkylation sites (N-methyl/N-ethyl adjacent to an activating group) is 2. The number of nitrogens with one attached hydrogen (secondary N) is 1. The fraction of sp³-hybridized carbons (Fsp3) is 0.750. The monoisotopic (exact) mass is 422 g/mol.